The molecule has 0 atom stereocenters. The van der Waals surface area contributed by atoms with Crippen LogP contribution >= 0.6 is 11.6 Å². The van der Waals surface area contributed by atoms with Crippen LogP contribution in [0.1, 0.15) is 23.6 Å². The maximum absolute atomic E-state index is 11.5. The summed E-state index contributed by atoms with van der Waals surface area (Å²) >= 11 is 6.09. The summed E-state index contributed by atoms with van der Waals surface area (Å²) in [5, 5.41) is 10.6. The topological polar surface area (TPSA) is 72.8 Å². The number of ether oxygens (including phenoxy) is 2. The van der Waals surface area contributed by atoms with Crippen LogP contribution in [0.5, 0.6) is 5.75 Å². The first-order valence-corrected chi connectivity index (χ1v) is 6.67. The zero-order valence-corrected chi connectivity index (χ0v) is 13.1. The van der Waals surface area contributed by atoms with Gasteiger partial charge >= 0.3 is 5.97 Å². The van der Waals surface area contributed by atoms with Crippen LogP contribution in [-0.2, 0) is 14.3 Å². The summed E-state index contributed by atoms with van der Waals surface area (Å²) in [4.78, 5) is 22.6. The van der Waals surface area contributed by atoms with Gasteiger partial charge in [0.15, 0.2) is 0 Å². The molecule has 0 radical (unpaired) electrons. The molecule has 0 fully saturated rings. The van der Waals surface area contributed by atoms with Crippen LogP contribution in [0.2, 0.25) is 5.02 Å². The lowest BCUT2D eigenvalue weighted by Gasteiger charge is -2.16. The van der Waals surface area contributed by atoms with E-state index in [9.17, 15) is 14.7 Å². The number of carbonyl (C=O) groups excluding carboxylic acids is 2. The molecule has 0 saturated heterocycles. The van der Waals surface area contributed by atoms with Gasteiger partial charge in [0, 0.05) is 11.1 Å². The van der Waals surface area contributed by atoms with Gasteiger partial charge in [-0.15, -0.1) is 0 Å². The number of aryl methyl sites for hydroxylation is 1. The van der Waals surface area contributed by atoms with Crippen LogP contribution in [0.3, 0.4) is 0 Å². The molecule has 0 aliphatic rings. The van der Waals surface area contributed by atoms with E-state index in [4.69, 9.17) is 16.3 Å². The van der Waals surface area contributed by atoms with Crippen LogP contribution in [0, 0.1) is 13.8 Å². The van der Waals surface area contributed by atoms with Crippen LogP contribution in [0.15, 0.2) is 12.1 Å². The van der Waals surface area contributed by atoms with E-state index in [-0.39, 0.29) is 0 Å². The number of ketones is 1. The molecule has 1 N–H and O–H groups in total. The van der Waals surface area contributed by atoms with Gasteiger partial charge in [-0.25, -0.2) is 4.79 Å². The molecular weight excluding hydrogens is 296 g/mol. The van der Waals surface area contributed by atoms with Crippen LogP contribution in [-0.4, -0.2) is 30.6 Å². The lowest BCUT2D eigenvalue weighted by molar-refractivity contribution is -0.149. The molecule has 0 spiro atoms. The molecule has 6 heteroatoms. The van der Waals surface area contributed by atoms with Crippen LogP contribution < -0.4 is 4.74 Å². The first kappa shape index (κ1) is 17.0. The van der Waals surface area contributed by atoms with Crippen molar-refractivity contribution in [3.05, 3.63) is 33.9 Å². The summed E-state index contributed by atoms with van der Waals surface area (Å²) in [7, 11) is 1.09. The fraction of sp³-hybridized carbons (Fsp3) is 0.333. The van der Waals surface area contributed by atoms with E-state index in [1.165, 1.54) is 0 Å². The standard InChI is InChI=1S/C15H17ClO5/c1-5-21-14-8(2)6-10(16)9(3)13(14)11(17)7-12(18)15(19)20-4/h6-7,17H,5H2,1-4H3/b11-7-. The molecule has 0 amide bonds. The fourth-order valence-corrected chi connectivity index (χ4v) is 2.10. The van der Waals surface area contributed by atoms with Gasteiger partial charge in [0.25, 0.3) is 5.78 Å². The van der Waals surface area contributed by atoms with Crippen molar-refractivity contribution in [2.24, 2.45) is 0 Å². The average molecular weight is 313 g/mol. The Hall–Kier alpha value is -2.01. The van der Waals surface area contributed by atoms with Crippen molar-refractivity contribution in [3.8, 4) is 5.75 Å². The normalized spacial score (nSPS) is 11.2. The van der Waals surface area contributed by atoms with Crippen LogP contribution in [0.4, 0.5) is 0 Å². The number of methoxy groups -OCH3 is 1. The Labute approximate surface area is 128 Å². The minimum Gasteiger partial charge on any atom is -0.507 e. The third kappa shape index (κ3) is 3.76. The fourth-order valence-electron chi connectivity index (χ4n) is 1.85. The van der Waals surface area contributed by atoms with E-state index in [1.54, 1.807) is 26.8 Å². The quantitative estimate of drug-likeness (QED) is 0.391. The average Bonchev–Trinajstić information content (AvgIpc) is 2.43. The smallest absolute Gasteiger partial charge is 0.378 e. The summed E-state index contributed by atoms with van der Waals surface area (Å²) in [5.41, 5.74) is 1.56. The largest absolute Gasteiger partial charge is 0.507 e. The molecule has 1 aromatic rings. The molecule has 0 saturated carbocycles. The first-order chi connectivity index (χ1) is 9.83. The molecule has 5 nitrogen and oxygen atoms in total. The molecule has 114 valence electrons. The van der Waals surface area contributed by atoms with Crippen molar-refractivity contribution in [2.45, 2.75) is 20.8 Å². The molecule has 0 unspecified atom stereocenters. The van der Waals surface area contributed by atoms with Crippen molar-refractivity contribution in [3.63, 3.8) is 0 Å². The number of hydrogen-bond donors (Lipinski definition) is 1. The Bertz CT molecular complexity index is 605. The van der Waals surface area contributed by atoms with Gasteiger partial charge in [-0.05, 0) is 38.0 Å². The summed E-state index contributed by atoms with van der Waals surface area (Å²) in [6.45, 7) is 5.64. The molecule has 0 bridgehead atoms. The van der Waals surface area contributed by atoms with Gasteiger partial charge < -0.3 is 14.6 Å². The second-order valence-electron chi connectivity index (χ2n) is 4.32. The van der Waals surface area contributed by atoms with Crippen molar-refractivity contribution in [1.82, 2.24) is 0 Å². The van der Waals surface area contributed by atoms with Gasteiger partial charge in [-0.3, -0.25) is 4.79 Å². The van der Waals surface area contributed by atoms with Gasteiger partial charge in [-0.2, -0.15) is 0 Å². The highest BCUT2D eigenvalue weighted by Crippen LogP contribution is 2.36. The Morgan fingerprint density at radius 2 is 2.00 bits per heavy atom. The number of esters is 1. The third-order valence-electron chi connectivity index (χ3n) is 2.86. The number of aliphatic hydroxyl groups excluding tert-OH is 1. The number of halogens is 1. The second kappa shape index (κ2) is 7.13. The monoisotopic (exact) mass is 312 g/mol. The maximum atomic E-state index is 11.5. The SMILES string of the molecule is CCOc1c(C)cc(Cl)c(C)c1/C(O)=C/C(=O)C(=O)OC. The van der Waals surface area contributed by atoms with Crippen LogP contribution in [0.25, 0.3) is 5.76 Å². The molecule has 0 heterocycles. The zero-order valence-electron chi connectivity index (χ0n) is 12.3. The highest BCUT2D eigenvalue weighted by molar-refractivity contribution is 6.39. The highest BCUT2D eigenvalue weighted by Gasteiger charge is 2.20. The van der Waals surface area contributed by atoms with Gasteiger partial charge in [0.1, 0.15) is 11.5 Å². The Morgan fingerprint density at radius 1 is 1.38 bits per heavy atom. The van der Waals surface area contributed by atoms with Gasteiger partial charge in [0.2, 0.25) is 0 Å². The molecule has 1 rings (SSSR count). The van der Waals surface area contributed by atoms with Crippen molar-refractivity contribution >= 4 is 29.1 Å². The minimum atomic E-state index is -1.06. The number of hydrogen-bond acceptors (Lipinski definition) is 5. The van der Waals surface area contributed by atoms with E-state index in [1.807, 2.05) is 0 Å². The van der Waals surface area contributed by atoms with Gasteiger partial charge in [0.05, 0.1) is 19.3 Å². The molecule has 1 aromatic carbocycles. The van der Waals surface area contributed by atoms with E-state index in [2.05, 4.69) is 4.74 Å². The molecular formula is C15H17ClO5. The lowest BCUT2D eigenvalue weighted by Crippen LogP contribution is -2.13. The summed E-state index contributed by atoms with van der Waals surface area (Å²) in [5.74, 6) is -1.99. The van der Waals surface area contributed by atoms with Crippen molar-refractivity contribution in [1.29, 1.82) is 0 Å². The number of aliphatic hydroxyl groups is 1. The van der Waals surface area contributed by atoms with Crippen molar-refractivity contribution < 1.29 is 24.2 Å². The van der Waals surface area contributed by atoms with Gasteiger partial charge in [-0.1, -0.05) is 11.6 Å². The Kier molecular flexibility index (Phi) is 5.79. The molecule has 0 aliphatic carbocycles. The summed E-state index contributed by atoms with van der Waals surface area (Å²) < 4.78 is 9.81. The lowest BCUT2D eigenvalue weighted by atomic mass is 10.0. The zero-order chi connectivity index (χ0) is 16.2. The molecule has 0 aromatic heterocycles. The van der Waals surface area contributed by atoms with E-state index in [0.717, 1.165) is 13.2 Å². The predicted molar refractivity (Wildman–Crippen MR) is 79.7 cm³/mol. The molecule has 21 heavy (non-hydrogen) atoms. The number of carbonyl (C=O) groups is 2. The maximum Gasteiger partial charge on any atom is 0.378 e. The Morgan fingerprint density at radius 3 is 2.52 bits per heavy atom. The van der Waals surface area contributed by atoms with E-state index in [0.29, 0.717) is 34.1 Å². The van der Waals surface area contributed by atoms with E-state index >= 15 is 0 Å². The number of benzene rings is 1. The minimum absolute atomic E-state index is 0.291. The third-order valence-corrected chi connectivity index (χ3v) is 3.25. The first-order valence-electron chi connectivity index (χ1n) is 6.29. The predicted octanol–water partition coefficient (Wildman–Crippen LogP) is 3.00. The Balaban J connectivity index is 3.43. The molecule has 0 aliphatic heterocycles. The van der Waals surface area contributed by atoms with E-state index < -0.39 is 17.5 Å². The highest BCUT2D eigenvalue weighted by atomic mass is 35.5. The number of rotatable bonds is 5. The van der Waals surface area contributed by atoms with Crippen molar-refractivity contribution in [2.75, 3.05) is 13.7 Å². The second-order valence-corrected chi connectivity index (χ2v) is 4.73. The summed E-state index contributed by atoms with van der Waals surface area (Å²) in [6.07, 6.45) is 0.798. The summed E-state index contributed by atoms with van der Waals surface area (Å²) in [6, 6.07) is 1.71.